The van der Waals surface area contributed by atoms with Crippen LogP contribution in [0, 0.1) is 0 Å². The third kappa shape index (κ3) is 63.9. The van der Waals surface area contributed by atoms with Gasteiger partial charge >= 0.3 is 51.3 Å². The van der Waals surface area contributed by atoms with Crippen LogP contribution in [0.2, 0.25) is 0 Å². The van der Waals surface area contributed by atoms with Crippen molar-refractivity contribution < 1.29 is 9.90 Å². The van der Waals surface area contributed by atoms with E-state index in [2.05, 4.69) is 0 Å². The Balaban J connectivity index is -0.0000000450. The summed E-state index contributed by atoms with van der Waals surface area (Å²) in [6, 6.07) is 0. The van der Waals surface area contributed by atoms with Crippen LogP contribution >= 0.6 is 0 Å². The van der Waals surface area contributed by atoms with Gasteiger partial charge < -0.3 is 0 Å². The van der Waals surface area contributed by atoms with Crippen LogP contribution in [-0.2, 0) is 0 Å². The van der Waals surface area contributed by atoms with Crippen molar-refractivity contribution in [3.8, 4) is 0 Å². The number of hydrogen-bond donors (Lipinski definition) is 1. The number of carbonyl (C=O) groups is 1. The van der Waals surface area contributed by atoms with E-state index in [0.717, 1.165) is 16.9 Å². The van der Waals surface area contributed by atoms with Crippen molar-refractivity contribution in [1.29, 1.82) is 0 Å². The Morgan fingerprint density at radius 2 is 1.67 bits per heavy atom. The Hall–Kier alpha value is 1.20. The summed E-state index contributed by atoms with van der Waals surface area (Å²) in [7, 11) is 0. The monoisotopic (exact) mass is 220 g/mol. The van der Waals surface area contributed by atoms with Gasteiger partial charge in [-0.25, -0.2) is 0 Å². The van der Waals surface area contributed by atoms with E-state index in [1.807, 2.05) is 0 Å². The van der Waals surface area contributed by atoms with Gasteiger partial charge in [0, 0.05) is 0 Å². The molecular formula is CH5AlAsGaO2. The fourth-order valence-electron chi connectivity index (χ4n) is 0. The molecule has 2 nitrogen and oxygen atoms in total. The van der Waals surface area contributed by atoms with Crippen molar-refractivity contribution in [2.24, 2.45) is 0 Å². The standard InChI is InChI=1S/CH2AsO2.Al.Ga.3H/c2-1(3)4;;;;;/h2H,(H,3,4);;;;;. The van der Waals surface area contributed by atoms with Crippen molar-refractivity contribution in [1.82, 2.24) is 0 Å². The minimum absolute atomic E-state index is 0. The molecule has 0 saturated heterocycles. The molecule has 0 aliphatic carbocycles. The molecule has 4 radical (unpaired) electrons. The Labute approximate surface area is 68.4 Å². The van der Waals surface area contributed by atoms with Gasteiger partial charge in [-0.2, -0.15) is 0 Å². The van der Waals surface area contributed by atoms with Gasteiger partial charge in [0.2, 0.25) is 0 Å². The summed E-state index contributed by atoms with van der Waals surface area (Å²) in [6.07, 6.45) is 0. The number of carboxylic acid groups (broad SMARTS) is 1. The molecule has 0 aromatic heterocycles. The van der Waals surface area contributed by atoms with E-state index in [1.165, 1.54) is 0 Å². The molecule has 0 unspecified atom stereocenters. The maximum atomic E-state index is 9.00. The molecular weight excluding hydrogens is 216 g/mol. The molecule has 5 heteroatoms. The Bertz CT molecular complexity index is 36.5. The van der Waals surface area contributed by atoms with Gasteiger partial charge in [0.15, 0.2) is 0 Å². The molecule has 0 fully saturated rings. The molecule has 0 bridgehead atoms. The summed E-state index contributed by atoms with van der Waals surface area (Å²) in [5.74, 6) is 0. The quantitative estimate of drug-likeness (QED) is 0.480. The third-order valence-electron chi connectivity index (χ3n) is 0. The fraction of sp³-hybridized carbons (Fsp3) is 0. The predicted octanol–water partition coefficient (Wildman–Crippen LogP) is -2.00. The van der Waals surface area contributed by atoms with Crippen molar-refractivity contribution in [3.63, 3.8) is 0 Å². The van der Waals surface area contributed by atoms with Crippen LogP contribution in [-0.4, -0.2) is 63.9 Å². The van der Waals surface area contributed by atoms with Crippen molar-refractivity contribution in [2.45, 2.75) is 0 Å². The molecule has 0 saturated carbocycles. The fourth-order valence-corrected chi connectivity index (χ4v) is 0. The molecule has 0 aromatic rings. The second-order valence-corrected chi connectivity index (χ2v) is 1.20. The van der Waals surface area contributed by atoms with E-state index in [0.29, 0.717) is 0 Å². The summed E-state index contributed by atoms with van der Waals surface area (Å²) in [5.41, 5.74) is 0. The van der Waals surface area contributed by atoms with Gasteiger partial charge in [0.1, 0.15) is 0 Å². The van der Waals surface area contributed by atoms with Crippen molar-refractivity contribution in [2.75, 3.05) is 0 Å². The van der Waals surface area contributed by atoms with Gasteiger partial charge in [0.25, 0.3) is 0 Å². The van der Waals surface area contributed by atoms with E-state index in [9.17, 15) is 0 Å². The summed E-state index contributed by atoms with van der Waals surface area (Å²) >= 11 is 1.08. The van der Waals surface area contributed by atoms with Crippen LogP contribution in [0.25, 0.3) is 0 Å². The molecule has 32 valence electrons. The third-order valence-corrected chi connectivity index (χ3v) is 0. The molecule has 0 aromatic carbocycles. The van der Waals surface area contributed by atoms with Crippen molar-refractivity contribution >= 4 is 58.8 Å². The first-order valence-electron chi connectivity index (χ1n) is 0.678. The van der Waals surface area contributed by atoms with E-state index in [4.69, 9.17) is 9.90 Å². The molecule has 0 amide bonds. The normalized spacial score (nSPS) is 4.17. The van der Waals surface area contributed by atoms with Crippen molar-refractivity contribution in [3.05, 3.63) is 0 Å². The zero-order valence-electron chi connectivity index (χ0n) is 3.56. The molecule has 0 spiro atoms. The topological polar surface area (TPSA) is 37.3 Å². The first-order valence-corrected chi connectivity index (χ1v) is 1.73. The predicted molar refractivity (Wildman–Crippen MR) is 30.9 cm³/mol. The van der Waals surface area contributed by atoms with E-state index in [1.54, 1.807) is 0 Å². The molecule has 1 N–H and O–H groups in total. The van der Waals surface area contributed by atoms with Gasteiger partial charge in [-0.05, 0) is 0 Å². The Morgan fingerprint density at radius 3 is 1.67 bits per heavy atom. The molecule has 6 heavy (non-hydrogen) atoms. The number of rotatable bonds is 0. The van der Waals surface area contributed by atoms with Gasteiger partial charge in [-0.3, -0.25) is 0 Å². The van der Waals surface area contributed by atoms with Gasteiger partial charge in [-0.1, -0.05) is 0 Å². The first kappa shape index (κ1) is 15.7. The van der Waals surface area contributed by atoms with E-state index in [-0.39, 0.29) is 37.2 Å². The second-order valence-electron chi connectivity index (χ2n) is 0.305. The van der Waals surface area contributed by atoms with Crippen LogP contribution < -0.4 is 0 Å². The second kappa shape index (κ2) is 9.50. The summed E-state index contributed by atoms with van der Waals surface area (Å²) in [4.78, 5) is 9.00. The average molecular weight is 221 g/mol. The summed E-state index contributed by atoms with van der Waals surface area (Å²) < 4.78 is -0.833. The van der Waals surface area contributed by atoms with Crippen LogP contribution in [0.4, 0.5) is 4.79 Å². The molecule has 0 heterocycles. The first-order chi connectivity index (χ1) is 1.73. The van der Waals surface area contributed by atoms with E-state index < -0.39 is 4.76 Å². The van der Waals surface area contributed by atoms with Crippen LogP contribution in [0.5, 0.6) is 0 Å². The maximum absolute atomic E-state index is 9.00. The molecule has 0 atom stereocenters. The SMILES string of the molecule is O=C(O)[AsH].[AlH].[GaH2]. The van der Waals surface area contributed by atoms with Crippen LogP contribution in [0.15, 0.2) is 0 Å². The molecule has 0 aliphatic rings. The Kier molecular flexibility index (Phi) is 24.8. The summed E-state index contributed by atoms with van der Waals surface area (Å²) in [5, 5.41) is 7.42. The van der Waals surface area contributed by atoms with Gasteiger partial charge in [-0.15, -0.1) is 0 Å². The summed E-state index contributed by atoms with van der Waals surface area (Å²) in [6.45, 7) is 0. The zero-order chi connectivity index (χ0) is 3.58. The van der Waals surface area contributed by atoms with E-state index >= 15 is 0 Å². The average Bonchev–Trinajstić information content (AvgIpc) is 0.811. The number of hydrogen-bond acceptors (Lipinski definition) is 1. The molecule has 0 aliphatic heterocycles. The Morgan fingerprint density at radius 1 is 1.67 bits per heavy atom. The zero-order valence-corrected chi connectivity index (χ0v) is 11.3. The minimum atomic E-state index is -0.833. The van der Waals surface area contributed by atoms with Crippen LogP contribution in [0.1, 0.15) is 0 Å². The molecule has 0 rings (SSSR count). The van der Waals surface area contributed by atoms with Crippen LogP contribution in [0.3, 0.4) is 0 Å². The van der Waals surface area contributed by atoms with Gasteiger partial charge in [0.05, 0.1) is 17.4 Å².